The van der Waals surface area contributed by atoms with Crippen molar-refractivity contribution in [3.8, 4) is 0 Å². The summed E-state index contributed by atoms with van der Waals surface area (Å²) in [6, 6.07) is 59.2. The van der Waals surface area contributed by atoms with Gasteiger partial charge in [-0.3, -0.25) is 0 Å². The lowest BCUT2D eigenvalue weighted by Gasteiger charge is -2.52. The van der Waals surface area contributed by atoms with Gasteiger partial charge in [0.05, 0.1) is 5.54 Å². The SMILES string of the molecule is CC12CCCCC1(C)N1c3cccc4c3B(c3ccc(N(c5ccccc5)c5ccccc5)cc3N4c3ccc4sc5ccccc5c4c3)c3cccc2c31. The van der Waals surface area contributed by atoms with E-state index in [0.29, 0.717) is 0 Å². The van der Waals surface area contributed by atoms with E-state index in [1.807, 2.05) is 11.3 Å². The van der Waals surface area contributed by atoms with Crippen LogP contribution >= 0.6 is 11.3 Å². The van der Waals surface area contributed by atoms with E-state index in [0.717, 1.165) is 17.1 Å². The molecule has 3 nitrogen and oxygen atoms in total. The molecule has 1 saturated carbocycles. The van der Waals surface area contributed by atoms with Crippen LogP contribution in [0.3, 0.4) is 0 Å². The third kappa shape index (κ3) is 4.17. The lowest BCUT2D eigenvalue weighted by Crippen LogP contribution is -2.64. The molecule has 2 unspecified atom stereocenters. The van der Waals surface area contributed by atoms with Crippen LogP contribution in [0.4, 0.5) is 45.5 Å². The minimum atomic E-state index is 0.0130. The molecule has 0 radical (unpaired) electrons. The van der Waals surface area contributed by atoms with Gasteiger partial charge in [0.15, 0.2) is 0 Å². The van der Waals surface area contributed by atoms with Crippen molar-refractivity contribution in [2.24, 2.45) is 0 Å². The number of anilines is 8. The number of rotatable bonds is 4. The summed E-state index contributed by atoms with van der Waals surface area (Å²) in [4.78, 5) is 7.79. The van der Waals surface area contributed by atoms with Crippen LogP contribution in [0.2, 0.25) is 0 Å². The zero-order valence-corrected chi connectivity index (χ0v) is 32.0. The number of hydrogen-bond acceptors (Lipinski definition) is 4. The van der Waals surface area contributed by atoms with E-state index in [-0.39, 0.29) is 17.7 Å². The molecule has 0 amide bonds. The summed E-state index contributed by atoms with van der Waals surface area (Å²) in [7, 11) is 0. The first-order chi connectivity index (χ1) is 27.0. The van der Waals surface area contributed by atoms with Crippen LogP contribution in [-0.2, 0) is 5.41 Å². The van der Waals surface area contributed by atoms with Gasteiger partial charge in [0.25, 0.3) is 6.71 Å². The molecule has 264 valence electrons. The number of thiophene rings is 1. The van der Waals surface area contributed by atoms with Gasteiger partial charge >= 0.3 is 0 Å². The predicted molar refractivity (Wildman–Crippen MR) is 236 cm³/mol. The van der Waals surface area contributed by atoms with E-state index in [1.54, 1.807) is 0 Å². The smallest absolute Gasteiger partial charge is 0.252 e. The number of fused-ring (bicyclic) bond motifs is 10. The van der Waals surface area contributed by atoms with E-state index in [1.165, 1.54) is 96.2 Å². The van der Waals surface area contributed by atoms with Gasteiger partial charge < -0.3 is 14.7 Å². The van der Waals surface area contributed by atoms with Crippen molar-refractivity contribution in [1.82, 2.24) is 0 Å². The van der Waals surface area contributed by atoms with Gasteiger partial charge in [0.2, 0.25) is 0 Å². The van der Waals surface area contributed by atoms with Gasteiger partial charge in [-0.1, -0.05) is 105 Å². The van der Waals surface area contributed by atoms with Gasteiger partial charge in [-0.05, 0) is 115 Å². The second-order valence-corrected chi connectivity index (χ2v) is 17.5. The Balaban J connectivity index is 1.15. The van der Waals surface area contributed by atoms with Crippen molar-refractivity contribution in [2.45, 2.75) is 50.5 Å². The molecule has 55 heavy (non-hydrogen) atoms. The highest BCUT2D eigenvalue weighted by Gasteiger charge is 2.61. The third-order valence-electron chi connectivity index (χ3n) is 13.8. The number of para-hydroxylation sites is 3. The molecular formula is C50H40BN3S. The molecule has 4 aliphatic rings. The molecule has 3 aliphatic heterocycles. The maximum absolute atomic E-state index is 2.81. The molecule has 1 fully saturated rings. The Morgan fingerprint density at radius 3 is 2.09 bits per heavy atom. The second-order valence-electron chi connectivity index (χ2n) is 16.4. The Morgan fingerprint density at radius 2 is 1.27 bits per heavy atom. The maximum Gasteiger partial charge on any atom is 0.252 e. The van der Waals surface area contributed by atoms with Gasteiger partial charge in [0, 0.05) is 71.1 Å². The van der Waals surface area contributed by atoms with Crippen LogP contribution in [0.1, 0.15) is 45.1 Å². The topological polar surface area (TPSA) is 9.72 Å². The molecule has 4 heterocycles. The highest BCUT2D eigenvalue weighted by Crippen LogP contribution is 2.61. The van der Waals surface area contributed by atoms with Crippen LogP contribution in [0.15, 0.2) is 158 Å². The van der Waals surface area contributed by atoms with E-state index in [2.05, 4.69) is 186 Å². The van der Waals surface area contributed by atoms with Crippen LogP contribution in [0, 0.1) is 0 Å². The summed E-state index contributed by atoms with van der Waals surface area (Å²) in [5.74, 6) is 0. The van der Waals surface area contributed by atoms with Crippen molar-refractivity contribution in [3.05, 3.63) is 163 Å². The van der Waals surface area contributed by atoms with Crippen molar-refractivity contribution >= 4 is 100 Å². The summed E-state index contributed by atoms with van der Waals surface area (Å²) < 4.78 is 2.66. The van der Waals surface area contributed by atoms with Gasteiger partial charge in [0.1, 0.15) is 0 Å². The highest BCUT2D eigenvalue weighted by molar-refractivity contribution is 7.25. The van der Waals surface area contributed by atoms with E-state index < -0.39 is 0 Å². The molecule has 5 heteroatoms. The predicted octanol–water partition coefficient (Wildman–Crippen LogP) is 11.9. The molecule has 7 aromatic carbocycles. The van der Waals surface area contributed by atoms with Gasteiger partial charge in [-0.25, -0.2) is 0 Å². The van der Waals surface area contributed by atoms with E-state index in [9.17, 15) is 0 Å². The zero-order chi connectivity index (χ0) is 36.5. The fourth-order valence-electron chi connectivity index (χ4n) is 11.1. The lowest BCUT2D eigenvalue weighted by atomic mass is 9.33. The van der Waals surface area contributed by atoms with E-state index >= 15 is 0 Å². The van der Waals surface area contributed by atoms with Crippen LogP contribution in [-0.4, -0.2) is 12.3 Å². The summed E-state index contributed by atoms with van der Waals surface area (Å²) >= 11 is 1.88. The minimum absolute atomic E-state index is 0.0130. The molecule has 1 aliphatic carbocycles. The molecule has 0 spiro atoms. The molecule has 12 rings (SSSR count). The molecular weight excluding hydrogens is 685 g/mol. The first-order valence-corrected chi connectivity index (χ1v) is 20.7. The molecule has 0 bridgehead atoms. The van der Waals surface area contributed by atoms with Gasteiger partial charge in [-0.2, -0.15) is 0 Å². The molecule has 0 N–H and O–H groups in total. The van der Waals surface area contributed by atoms with Crippen LogP contribution in [0.25, 0.3) is 20.2 Å². The maximum atomic E-state index is 2.81. The fourth-order valence-corrected chi connectivity index (χ4v) is 12.2. The van der Waals surface area contributed by atoms with Crippen LogP contribution in [0.5, 0.6) is 0 Å². The van der Waals surface area contributed by atoms with Crippen molar-refractivity contribution in [2.75, 3.05) is 14.7 Å². The molecule has 0 saturated heterocycles. The minimum Gasteiger partial charge on any atom is -0.335 e. The zero-order valence-electron chi connectivity index (χ0n) is 31.2. The fraction of sp³-hybridized carbons (Fsp3) is 0.160. The average Bonchev–Trinajstić information content (AvgIpc) is 3.70. The average molecular weight is 726 g/mol. The Hall–Kier alpha value is -5.78. The Morgan fingerprint density at radius 1 is 0.564 bits per heavy atom. The first kappa shape index (κ1) is 31.6. The quantitative estimate of drug-likeness (QED) is 0.167. The number of hydrogen-bond donors (Lipinski definition) is 0. The lowest BCUT2D eigenvalue weighted by molar-refractivity contribution is 0.195. The largest absolute Gasteiger partial charge is 0.335 e. The number of benzene rings is 7. The Labute approximate surface area is 327 Å². The van der Waals surface area contributed by atoms with Crippen molar-refractivity contribution in [3.63, 3.8) is 0 Å². The summed E-state index contributed by atoms with van der Waals surface area (Å²) in [5.41, 5.74) is 15.9. The normalized spacial score (nSPS) is 20.3. The Bertz CT molecular complexity index is 2810. The second kappa shape index (κ2) is 11.4. The number of nitrogens with zero attached hydrogens (tertiary/aromatic N) is 3. The standard InChI is InChI=1S/C50H40BN3S/c1-49-29-11-12-30-50(49,2)54-43-23-14-22-42-47(43)51(41-21-13-20-39(49)48(41)54)40-27-25-36(52(33-15-5-3-6-16-33)34-17-7-4-8-18-34)32-44(40)53(42)35-26-28-46-38(31-35)37-19-9-10-24-45(37)55-46/h3-10,13-28,31-32H,11-12,29-30H2,1-2H3. The van der Waals surface area contributed by atoms with Crippen LogP contribution < -0.4 is 31.1 Å². The molecule has 2 atom stereocenters. The summed E-state index contributed by atoms with van der Waals surface area (Å²) in [6.45, 7) is 5.25. The monoisotopic (exact) mass is 725 g/mol. The molecule has 1 aromatic heterocycles. The Kier molecular flexibility index (Phi) is 6.53. The van der Waals surface area contributed by atoms with Gasteiger partial charge in [-0.15, -0.1) is 11.3 Å². The summed E-state index contributed by atoms with van der Waals surface area (Å²) in [5, 5.41) is 2.64. The van der Waals surface area contributed by atoms with Crippen molar-refractivity contribution < 1.29 is 0 Å². The molecule has 8 aromatic rings. The first-order valence-electron chi connectivity index (χ1n) is 19.9. The van der Waals surface area contributed by atoms with Crippen molar-refractivity contribution in [1.29, 1.82) is 0 Å². The highest BCUT2D eigenvalue weighted by atomic mass is 32.1. The third-order valence-corrected chi connectivity index (χ3v) is 14.9. The summed E-state index contributed by atoms with van der Waals surface area (Å²) in [6.07, 6.45) is 4.99. The van der Waals surface area contributed by atoms with E-state index in [4.69, 9.17) is 0 Å².